The first kappa shape index (κ1) is 16.0. The van der Waals surface area contributed by atoms with Crippen molar-refractivity contribution in [3.8, 4) is 0 Å². The van der Waals surface area contributed by atoms with Crippen molar-refractivity contribution in [1.82, 2.24) is 4.90 Å². The SMILES string of the molecule is CC(c1ccc(Cl)cc1)N(C)Cc1ccccc1C(N)=S. The first-order chi connectivity index (χ1) is 9.99. The molecular weight excluding hydrogens is 300 g/mol. The first-order valence-corrected chi connectivity index (χ1v) is 7.61. The second-order valence-electron chi connectivity index (χ2n) is 5.16. The average Bonchev–Trinajstić information content (AvgIpc) is 2.47. The number of hydrogen-bond donors (Lipinski definition) is 1. The molecule has 0 amide bonds. The third kappa shape index (κ3) is 4.03. The summed E-state index contributed by atoms with van der Waals surface area (Å²) in [6.45, 7) is 2.96. The summed E-state index contributed by atoms with van der Waals surface area (Å²) in [6, 6.07) is 16.2. The highest BCUT2D eigenvalue weighted by molar-refractivity contribution is 7.80. The van der Waals surface area contributed by atoms with Crippen LogP contribution in [0.5, 0.6) is 0 Å². The van der Waals surface area contributed by atoms with E-state index in [2.05, 4.69) is 37.1 Å². The molecule has 2 nitrogen and oxygen atoms in total. The van der Waals surface area contributed by atoms with Crippen LogP contribution in [-0.4, -0.2) is 16.9 Å². The fraction of sp³-hybridized carbons (Fsp3) is 0.235. The van der Waals surface area contributed by atoms with Gasteiger partial charge >= 0.3 is 0 Å². The lowest BCUT2D eigenvalue weighted by Gasteiger charge is -2.26. The van der Waals surface area contributed by atoms with Gasteiger partial charge in [0.1, 0.15) is 4.99 Å². The van der Waals surface area contributed by atoms with Crippen molar-refractivity contribution in [2.24, 2.45) is 5.73 Å². The Morgan fingerprint density at radius 3 is 2.43 bits per heavy atom. The summed E-state index contributed by atoms with van der Waals surface area (Å²) < 4.78 is 0. The highest BCUT2D eigenvalue weighted by Gasteiger charge is 2.14. The summed E-state index contributed by atoms with van der Waals surface area (Å²) in [4.78, 5) is 2.71. The molecule has 2 N–H and O–H groups in total. The van der Waals surface area contributed by atoms with Crippen LogP contribution in [0.2, 0.25) is 5.02 Å². The van der Waals surface area contributed by atoms with Gasteiger partial charge in [-0.15, -0.1) is 0 Å². The second-order valence-corrected chi connectivity index (χ2v) is 6.04. The van der Waals surface area contributed by atoms with Crippen LogP contribution < -0.4 is 5.73 Å². The lowest BCUT2D eigenvalue weighted by Crippen LogP contribution is -2.24. The zero-order valence-electron chi connectivity index (χ0n) is 12.2. The summed E-state index contributed by atoms with van der Waals surface area (Å²) >= 11 is 11.1. The van der Waals surface area contributed by atoms with Crippen LogP contribution >= 0.6 is 23.8 Å². The minimum atomic E-state index is 0.279. The second kappa shape index (κ2) is 7.03. The van der Waals surface area contributed by atoms with Gasteiger partial charge in [0.15, 0.2) is 0 Å². The third-order valence-corrected chi connectivity index (χ3v) is 4.19. The molecular formula is C17H19ClN2S. The predicted molar refractivity (Wildman–Crippen MR) is 93.7 cm³/mol. The van der Waals surface area contributed by atoms with Gasteiger partial charge in [-0.25, -0.2) is 0 Å². The van der Waals surface area contributed by atoms with Gasteiger partial charge in [-0.3, -0.25) is 4.90 Å². The zero-order chi connectivity index (χ0) is 15.4. The number of thiocarbonyl (C=S) groups is 1. The zero-order valence-corrected chi connectivity index (χ0v) is 13.8. The van der Waals surface area contributed by atoms with E-state index in [0.29, 0.717) is 4.99 Å². The molecule has 2 aromatic carbocycles. The number of benzene rings is 2. The highest BCUT2D eigenvalue weighted by Crippen LogP contribution is 2.23. The van der Waals surface area contributed by atoms with E-state index >= 15 is 0 Å². The minimum absolute atomic E-state index is 0.279. The Morgan fingerprint density at radius 1 is 1.19 bits per heavy atom. The van der Waals surface area contributed by atoms with Crippen molar-refractivity contribution >= 4 is 28.8 Å². The molecule has 0 radical (unpaired) electrons. The first-order valence-electron chi connectivity index (χ1n) is 6.82. The normalized spacial score (nSPS) is 12.4. The molecule has 0 saturated heterocycles. The van der Waals surface area contributed by atoms with E-state index in [0.717, 1.165) is 22.7 Å². The summed E-state index contributed by atoms with van der Waals surface area (Å²) in [5.74, 6) is 0. The van der Waals surface area contributed by atoms with Crippen LogP contribution in [0.25, 0.3) is 0 Å². The highest BCUT2D eigenvalue weighted by atomic mass is 35.5. The van der Waals surface area contributed by atoms with Gasteiger partial charge in [0.25, 0.3) is 0 Å². The molecule has 0 fully saturated rings. The Labute approximate surface area is 136 Å². The molecule has 1 atom stereocenters. The molecule has 0 aliphatic carbocycles. The van der Waals surface area contributed by atoms with Gasteiger partial charge in [0.2, 0.25) is 0 Å². The molecule has 2 aromatic rings. The lowest BCUT2D eigenvalue weighted by atomic mass is 10.0. The summed E-state index contributed by atoms with van der Waals surface area (Å²) in [6.07, 6.45) is 0. The quantitative estimate of drug-likeness (QED) is 0.839. The van der Waals surface area contributed by atoms with Gasteiger partial charge < -0.3 is 5.73 Å². The average molecular weight is 319 g/mol. The Morgan fingerprint density at radius 2 is 1.81 bits per heavy atom. The minimum Gasteiger partial charge on any atom is -0.389 e. The molecule has 1 unspecified atom stereocenters. The fourth-order valence-electron chi connectivity index (χ4n) is 2.30. The summed E-state index contributed by atoms with van der Waals surface area (Å²) in [5.41, 5.74) is 9.12. The Hall–Kier alpha value is -1.42. The molecule has 0 heterocycles. The van der Waals surface area contributed by atoms with Gasteiger partial charge in [-0.05, 0) is 37.2 Å². The van der Waals surface area contributed by atoms with Crippen LogP contribution in [0, 0.1) is 0 Å². The van der Waals surface area contributed by atoms with Crippen molar-refractivity contribution in [3.63, 3.8) is 0 Å². The van der Waals surface area contributed by atoms with Gasteiger partial charge in [0.05, 0.1) is 0 Å². The lowest BCUT2D eigenvalue weighted by molar-refractivity contribution is 0.253. The van der Waals surface area contributed by atoms with Gasteiger partial charge in [0, 0.05) is 23.2 Å². The third-order valence-electron chi connectivity index (χ3n) is 3.72. The van der Waals surface area contributed by atoms with E-state index in [1.807, 2.05) is 30.3 Å². The van der Waals surface area contributed by atoms with Crippen molar-refractivity contribution < 1.29 is 0 Å². The van der Waals surface area contributed by atoms with Crippen molar-refractivity contribution in [2.45, 2.75) is 19.5 Å². The van der Waals surface area contributed by atoms with Crippen molar-refractivity contribution in [1.29, 1.82) is 0 Å². The van der Waals surface area contributed by atoms with Crippen molar-refractivity contribution in [2.75, 3.05) is 7.05 Å². The van der Waals surface area contributed by atoms with Crippen LogP contribution in [-0.2, 0) is 6.54 Å². The standard InChI is InChI=1S/C17H19ClN2S/c1-12(13-7-9-15(18)10-8-13)20(2)11-14-5-3-4-6-16(14)17(19)21/h3-10,12H,11H2,1-2H3,(H2,19,21). The maximum Gasteiger partial charge on any atom is 0.104 e. The Kier molecular flexibility index (Phi) is 5.34. The smallest absolute Gasteiger partial charge is 0.104 e. The molecule has 0 aliphatic heterocycles. The maximum absolute atomic E-state index is 5.94. The molecule has 110 valence electrons. The fourth-order valence-corrected chi connectivity index (χ4v) is 2.63. The van der Waals surface area contributed by atoms with E-state index in [1.54, 1.807) is 0 Å². The van der Waals surface area contributed by atoms with Crippen LogP contribution in [0.4, 0.5) is 0 Å². The molecule has 0 saturated carbocycles. The van der Waals surface area contributed by atoms with Crippen molar-refractivity contribution in [3.05, 3.63) is 70.2 Å². The predicted octanol–water partition coefficient (Wildman–Crippen LogP) is 4.17. The van der Waals surface area contributed by atoms with Gasteiger partial charge in [-0.2, -0.15) is 0 Å². The Bertz CT molecular complexity index is 625. The summed E-state index contributed by atoms with van der Waals surface area (Å²) in [7, 11) is 2.09. The molecule has 0 aromatic heterocycles. The molecule has 2 rings (SSSR count). The van der Waals surface area contributed by atoms with E-state index in [-0.39, 0.29) is 6.04 Å². The van der Waals surface area contributed by atoms with E-state index in [1.165, 1.54) is 5.56 Å². The van der Waals surface area contributed by atoms with Crippen LogP contribution in [0.3, 0.4) is 0 Å². The topological polar surface area (TPSA) is 29.3 Å². The van der Waals surface area contributed by atoms with Gasteiger partial charge in [-0.1, -0.05) is 60.2 Å². The number of nitrogens with two attached hydrogens (primary N) is 1. The largest absolute Gasteiger partial charge is 0.389 e. The Balaban J connectivity index is 2.16. The van der Waals surface area contributed by atoms with Crippen LogP contribution in [0.1, 0.15) is 29.7 Å². The number of halogens is 1. The molecule has 21 heavy (non-hydrogen) atoms. The van der Waals surface area contributed by atoms with E-state index in [9.17, 15) is 0 Å². The molecule has 0 bridgehead atoms. The number of hydrogen-bond acceptors (Lipinski definition) is 2. The number of nitrogens with zero attached hydrogens (tertiary/aromatic N) is 1. The van der Waals surface area contributed by atoms with E-state index < -0.39 is 0 Å². The molecule has 0 spiro atoms. The molecule has 0 aliphatic rings. The maximum atomic E-state index is 5.94. The molecule has 4 heteroatoms. The van der Waals surface area contributed by atoms with Crippen LogP contribution in [0.15, 0.2) is 48.5 Å². The van der Waals surface area contributed by atoms with E-state index in [4.69, 9.17) is 29.6 Å². The monoisotopic (exact) mass is 318 g/mol. The summed E-state index contributed by atoms with van der Waals surface area (Å²) in [5, 5.41) is 0.757. The number of rotatable bonds is 5.